The van der Waals surface area contributed by atoms with Crippen molar-refractivity contribution in [3.8, 4) is 6.07 Å². The van der Waals surface area contributed by atoms with Gasteiger partial charge in [0.1, 0.15) is 5.82 Å². The summed E-state index contributed by atoms with van der Waals surface area (Å²) in [5, 5.41) is 9.04. The Morgan fingerprint density at radius 2 is 1.73 bits per heavy atom. The highest BCUT2D eigenvalue weighted by atomic mass is 19.1. The maximum absolute atomic E-state index is 12.7. The van der Waals surface area contributed by atoms with E-state index in [1.54, 1.807) is 24.3 Å². The summed E-state index contributed by atoms with van der Waals surface area (Å²) >= 11 is 0. The Morgan fingerprint density at radius 1 is 1.20 bits per heavy atom. The summed E-state index contributed by atoms with van der Waals surface area (Å²) in [7, 11) is 0. The highest BCUT2D eigenvalue weighted by Gasteiger charge is 2.17. The van der Waals surface area contributed by atoms with Crippen molar-refractivity contribution in [3.05, 3.63) is 61.0 Å². The zero-order valence-corrected chi connectivity index (χ0v) is 8.36. The lowest BCUT2D eigenvalue weighted by Crippen LogP contribution is -2.06. The normalized spacial score (nSPS) is 11.8. The van der Waals surface area contributed by atoms with Crippen LogP contribution in [0.25, 0.3) is 0 Å². The van der Waals surface area contributed by atoms with E-state index in [-0.39, 0.29) is 17.7 Å². The third-order valence-corrected chi connectivity index (χ3v) is 2.30. The van der Waals surface area contributed by atoms with Crippen LogP contribution in [0.15, 0.2) is 49.6 Å². The van der Waals surface area contributed by atoms with Gasteiger partial charge in [0.25, 0.3) is 0 Å². The zero-order chi connectivity index (χ0) is 11.3. The van der Waals surface area contributed by atoms with Crippen molar-refractivity contribution in [1.29, 1.82) is 5.26 Å². The van der Waals surface area contributed by atoms with E-state index in [9.17, 15) is 4.39 Å². The number of hydrogen-bond donors (Lipinski definition) is 0. The largest absolute Gasteiger partial charge is 0.207 e. The number of hydrogen-bond acceptors (Lipinski definition) is 1. The summed E-state index contributed by atoms with van der Waals surface area (Å²) in [6.07, 6.45) is 3.34. The molecule has 0 bridgehead atoms. The van der Waals surface area contributed by atoms with Crippen molar-refractivity contribution in [1.82, 2.24) is 0 Å². The molecule has 0 fully saturated rings. The summed E-state index contributed by atoms with van der Waals surface area (Å²) in [6.45, 7) is 7.29. The molecule has 0 heterocycles. The van der Waals surface area contributed by atoms with Gasteiger partial charge < -0.3 is 0 Å². The topological polar surface area (TPSA) is 23.8 Å². The lowest BCUT2D eigenvalue weighted by Gasteiger charge is -2.14. The molecule has 0 aromatic heterocycles. The second-order valence-electron chi connectivity index (χ2n) is 3.21. The van der Waals surface area contributed by atoms with Gasteiger partial charge in [-0.1, -0.05) is 24.3 Å². The van der Waals surface area contributed by atoms with Gasteiger partial charge in [-0.05, 0) is 17.7 Å². The van der Waals surface area contributed by atoms with Crippen LogP contribution in [-0.2, 0) is 0 Å². The average Bonchev–Trinajstić information content (AvgIpc) is 2.27. The van der Waals surface area contributed by atoms with Crippen molar-refractivity contribution in [2.24, 2.45) is 5.92 Å². The Bertz CT molecular complexity index is 378. The molecule has 1 atom stereocenters. The summed E-state index contributed by atoms with van der Waals surface area (Å²) in [5.74, 6) is -0.759. The maximum Gasteiger partial charge on any atom is 0.123 e. The number of allylic oxidation sites excluding steroid dienone is 2. The summed E-state index contributed by atoms with van der Waals surface area (Å²) in [6, 6.07) is 8.10. The van der Waals surface area contributed by atoms with E-state index in [1.807, 2.05) is 0 Å². The molecule has 1 unspecified atom stereocenters. The van der Waals surface area contributed by atoms with Crippen LogP contribution in [0.3, 0.4) is 0 Å². The number of nitrogens with zero attached hydrogens (tertiary/aromatic N) is 1. The third-order valence-electron chi connectivity index (χ3n) is 2.30. The van der Waals surface area contributed by atoms with Crippen LogP contribution in [0.2, 0.25) is 0 Å². The Labute approximate surface area is 89.2 Å². The van der Waals surface area contributed by atoms with Crippen LogP contribution >= 0.6 is 0 Å². The number of nitriles is 1. The molecule has 0 saturated heterocycles. The molecule has 76 valence electrons. The maximum atomic E-state index is 12.7. The molecular weight excluding hydrogens is 189 g/mol. The highest BCUT2D eigenvalue weighted by molar-refractivity contribution is 5.29. The highest BCUT2D eigenvalue weighted by Crippen LogP contribution is 2.25. The standard InChI is InChI=1S/C13H12FN/c1-3-10(4-2)13(9-15)11-5-7-12(14)8-6-11/h3-8,10,13H,1-2H2. The molecule has 0 aliphatic carbocycles. The van der Waals surface area contributed by atoms with Crippen LogP contribution in [0.4, 0.5) is 4.39 Å². The molecule has 0 saturated carbocycles. The van der Waals surface area contributed by atoms with Gasteiger partial charge in [0.2, 0.25) is 0 Å². The predicted octanol–water partition coefficient (Wildman–Crippen LogP) is 3.42. The van der Waals surface area contributed by atoms with Crippen LogP contribution in [0.5, 0.6) is 0 Å². The molecule has 0 radical (unpaired) electrons. The summed E-state index contributed by atoms with van der Waals surface area (Å²) < 4.78 is 12.7. The van der Waals surface area contributed by atoms with Gasteiger partial charge in [0, 0.05) is 5.92 Å². The predicted molar refractivity (Wildman–Crippen MR) is 58.6 cm³/mol. The molecule has 0 aliphatic rings. The number of halogens is 1. The van der Waals surface area contributed by atoms with Gasteiger partial charge in [-0.15, -0.1) is 13.2 Å². The Kier molecular flexibility index (Phi) is 3.82. The van der Waals surface area contributed by atoms with Crippen molar-refractivity contribution in [3.63, 3.8) is 0 Å². The lowest BCUT2D eigenvalue weighted by atomic mass is 9.87. The minimum Gasteiger partial charge on any atom is -0.207 e. The first-order valence-electron chi connectivity index (χ1n) is 4.63. The van der Waals surface area contributed by atoms with Gasteiger partial charge >= 0.3 is 0 Å². The average molecular weight is 201 g/mol. The Balaban J connectivity index is 3.02. The molecular formula is C13H12FN. The third kappa shape index (κ3) is 2.54. The van der Waals surface area contributed by atoms with E-state index < -0.39 is 0 Å². The fourth-order valence-corrected chi connectivity index (χ4v) is 1.42. The van der Waals surface area contributed by atoms with E-state index in [0.717, 1.165) is 5.56 Å². The fourth-order valence-electron chi connectivity index (χ4n) is 1.42. The zero-order valence-electron chi connectivity index (χ0n) is 8.36. The number of rotatable bonds is 4. The minimum absolute atomic E-state index is 0.111. The van der Waals surface area contributed by atoms with Gasteiger partial charge in [-0.2, -0.15) is 5.26 Å². The van der Waals surface area contributed by atoms with Crippen molar-refractivity contribution < 1.29 is 4.39 Å². The van der Waals surface area contributed by atoms with Crippen molar-refractivity contribution >= 4 is 0 Å². The van der Waals surface area contributed by atoms with E-state index in [1.165, 1.54) is 12.1 Å². The molecule has 0 spiro atoms. The SMILES string of the molecule is C=CC(C=C)C(C#N)c1ccc(F)cc1. The number of benzene rings is 1. The Morgan fingerprint density at radius 3 is 2.13 bits per heavy atom. The summed E-state index contributed by atoms with van der Waals surface area (Å²) in [5.41, 5.74) is 0.781. The van der Waals surface area contributed by atoms with Crippen molar-refractivity contribution in [2.45, 2.75) is 5.92 Å². The molecule has 0 N–H and O–H groups in total. The van der Waals surface area contributed by atoms with Gasteiger partial charge in [-0.25, -0.2) is 4.39 Å². The van der Waals surface area contributed by atoms with Crippen LogP contribution in [0.1, 0.15) is 11.5 Å². The minimum atomic E-state index is -0.347. The van der Waals surface area contributed by atoms with E-state index in [0.29, 0.717) is 0 Å². The van der Waals surface area contributed by atoms with E-state index in [2.05, 4.69) is 19.2 Å². The second kappa shape index (κ2) is 5.11. The lowest BCUT2D eigenvalue weighted by molar-refractivity contribution is 0.625. The molecule has 1 aromatic rings. The van der Waals surface area contributed by atoms with Crippen LogP contribution < -0.4 is 0 Å². The quantitative estimate of drug-likeness (QED) is 0.685. The first-order valence-corrected chi connectivity index (χ1v) is 4.63. The molecule has 0 amide bonds. The molecule has 0 aliphatic heterocycles. The van der Waals surface area contributed by atoms with Crippen LogP contribution in [0, 0.1) is 23.1 Å². The summed E-state index contributed by atoms with van der Waals surface area (Å²) in [4.78, 5) is 0. The van der Waals surface area contributed by atoms with Crippen LogP contribution in [-0.4, -0.2) is 0 Å². The molecule has 1 aromatic carbocycles. The Hall–Kier alpha value is -1.88. The second-order valence-corrected chi connectivity index (χ2v) is 3.21. The van der Waals surface area contributed by atoms with E-state index >= 15 is 0 Å². The monoisotopic (exact) mass is 201 g/mol. The fraction of sp³-hybridized carbons (Fsp3) is 0.154. The first kappa shape index (κ1) is 11.2. The van der Waals surface area contributed by atoms with E-state index in [4.69, 9.17) is 5.26 Å². The van der Waals surface area contributed by atoms with Gasteiger partial charge in [-0.3, -0.25) is 0 Å². The molecule has 2 heteroatoms. The van der Waals surface area contributed by atoms with Gasteiger partial charge in [0.15, 0.2) is 0 Å². The molecule has 1 rings (SSSR count). The molecule has 1 nitrogen and oxygen atoms in total. The first-order chi connectivity index (χ1) is 7.22. The van der Waals surface area contributed by atoms with Crippen molar-refractivity contribution in [2.75, 3.05) is 0 Å². The van der Waals surface area contributed by atoms with Gasteiger partial charge in [0.05, 0.1) is 12.0 Å². The smallest absolute Gasteiger partial charge is 0.123 e. The molecule has 15 heavy (non-hydrogen) atoms.